The van der Waals surface area contributed by atoms with E-state index in [-0.39, 0.29) is 12.3 Å². The van der Waals surface area contributed by atoms with E-state index >= 15 is 0 Å². The van der Waals surface area contributed by atoms with Gasteiger partial charge in [-0.15, -0.1) is 0 Å². The molecular weight excluding hydrogens is 664 g/mol. The summed E-state index contributed by atoms with van der Waals surface area (Å²) < 4.78 is 12.4. The van der Waals surface area contributed by atoms with E-state index in [1.54, 1.807) is 14.0 Å². The van der Waals surface area contributed by atoms with E-state index in [4.69, 9.17) is 15.0 Å². The van der Waals surface area contributed by atoms with Crippen LogP contribution < -0.4 is 16.6 Å². The van der Waals surface area contributed by atoms with Crippen LogP contribution in [0.4, 0.5) is 4.79 Å². The van der Waals surface area contributed by atoms with Gasteiger partial charge >= 0.3 is 11.8 Å². The van der Waals surface area contributed by atoms with Crippen LogP contribution in [0, 0.1) is 6.92 Å². The third-order valence-electron chi connectivity index (χ3n) is 8.00. The van der Waals surface area contributed by atoms with Gasteiger partial charge in [0.2, 0.25) is 12.2 Å². The molecule has 1 aromatic rings. The van der Waals surface area contributed by atoms with Crippen molar-refractivity contribution in [1.29, 1.82) is 0 Å². The van der Waals surface area contributed by atoms with E-state index in [0.717, 1.165) is 38.5 Å². The van der Waals surface area contributed by atoms with Gasteiger partial charge in [0.15, 0.2) is 0 Å². The second-order valence-corrected chi connectivity index (χ2v) is 12.4. The Morgan fingerprint density at radius 1 is 0.962 bits per heavy atom. The highest BCUT2D eigenvalue weighted by Gasteiger charge is 2.39. The Balaban J connectivity index is 1.56. The number of hydrogen-bond donors (Lipinski definition) is 2. The van der Waals surface area contributed by atoms with Gasteiger partial charge in [-0.1, -0.05) is 85.0 Å². The lowest BCUT2D eigenvalue weighted by atomic mass is 10.2. The summed E-state index contributed by atoms with van der Waals surface area (Å²) in [5.41, 5.74) is 8.07. The zero-order valence-corrected chi connectivity index (χ0v) is 31.1. The molecule has 0 aliphatic carbocycles. The summed E-state index contributed by atoms with van der Waals surface area (Å²) in [6.07, 6.45) is 31.3. The fourth-order valence-electron chi connectivity index (χ4n) is 4.91. The molecular formula is C38H56N8O6. The van der Waals surface area contributed by atoms with Crippen LogP contribution in [0.25, 0.3) is 10.4 Å². The maximum atomic E-state index is 12.8. The topological polar surface area (TPSA) is 175 Å². The molecule has 0 saturated carbocycles. The summed E-state index contributed by atoms with van der Waals surface area (Å²) in [7, 11) is 3.45. The van der Waals surface area contributed by atoms with Gasteiger partial charge < -0.3 is 24.6 Å². The number of allylic oxidation sites excluding steroid dienone is 12. The first-order chi connectivity index (χ1) is 25.2. The molecule has 284 valence electrons. The number of aryl methyl sites for hydroxylation is 1. The van der Waals surface area contributed by atoms with Crippen molar-refractivity contribution in [2.24, 2.45) is 5.11 Å². The Kier molecular flexibility index (Phi) is 21.6. The maximum Gasteiger partial charge on any atom is 0.411 e. The molecule has 1 aromatic heterocycles. The highest BCUT2D eigenvalue weighted by atomic mass is 16.7. The van der Waals surface area contributed by atoms with Crippen LogP contribution >= 0.6 is 0 Å². The summed E-state index contributed by atoms with van der Waals surface area (Å²) >= 11 is 0. The Bertz CT molecular complexity index is 1580. The van der Waals surface area contributed by atoms with E-state index in [0.29, 0.717) is 44.6 Å². The molecule has 0 unspecified atom stereocenters. The van der Waals surface area contributed by atoms with Crippen LogP contribution in [0.15, 0.2) is 93.8 Å². The molecule has 2 rings (SSSR count). The first-order valence-corrected chi connectivity index (χ1v) is 17.9. The van der Waals surface area contributed by atoms with Crippen molar-refractivity contribution >= 4 is 12.0 Å². The third kappa shape index (κ3) is 17.8. The fourth-order valence-corrected chi connectivity index (χ4v) is 4.91. The zero-order valence-electron chi connectivity index (χ0n) is 31.1. The number of nitrogens with zero attached hydrogens (tertiary/aromatic N) is 6. The summed E-state index contributed by atoms with van der Waals surface area (Å²) in [6.45, 7) is 5.59. The Morgan fingerprint density at radius 3 is 2.12 bits per heavy atom. The number of aromatic nitrogens is 2. The average molecular weight is 721 g/mol. The second-order valence-electron chi connectivity index (χ2n) is 12.4. The lowest BCUT2D eigenvalue weighted by molar-refractivity contribution is -0.126. The molecule has 14 nitrogen and oxygen atoms in total. The minimum Gasteiger partial charge on any atom is -0.419 e. The molecule has 0 radical (unpaired) electrons. The summed E-state index contributed by atoms with van der Waals surface area (Å²) in [5, 5.41) is 6.59. The molecule has 1 fully saturated rings. The first kappa shape index (κ1) is 43.3. The predicted molar refractivity (Wildman–Crippen MR) is 205 cm³/mol. The molecule has 0 aromatic carbocycles. The normalized spacial score (nSPS) is 17.8. The quantitative estimate of drug-likeness (QED) is 0.0572. The number of hydrogen-bond acceptors (Lipinski definition) is 8. The average Bonchev–Trinajstić information content (AvgIpc) is 3.51. The first-order valence-electron chi connectivity index (χ1n) is 17.9. The van der Waals surface area contributed by atoms with Crippen LogP contribution in [0.3, 0.4) is 0 Å². The highest BCUT2D eigenvalue weighted by Crippen LogP contribution is 2.31. The van der Waals surface area contributed by atoms with Crippen LogP contribution in [-0.4, -0.2) is 84.0 Å². The smallest absolute Gasteiger partial charge is 0.411 e. The van der Waals surface area contributed by atoms with Crippen molar-refractivity contribution in [2.45, 2.75) is 90.2 Å². The van der Waals surface area contributed by atoms with E-state index in [9.17, 15) is 19.2 Å². The van der Waals surface area contributed by atoms with Gasteiger partial charge in [-0.05, 0) is 64.4 Å². The molecule has 52 heavy (non-hydrogen) atoms. The van der Waals surface area contributed by atoms with Crippen molar-refractivity contribution in [3.05, 3.63) is 116 Å². The van der Waals surface area contributed by atoms with Crippen LogP contribution in [0.1, 0.15) is 76.5 Å². The molecule has 14 heteroatoms. The number of amides is 2. The number of carbonyl (C=O) groups is 2. The molecule has 2 heterocycles. The standard InChI is InChI=1S/C38H56N8O6/c1-5-6-7-8-9-10-11-12-13-14-15-16-17-18-19-20-21-22-23-24-33(47)40-25-26-44(3)27-28-45(4)38(50)52-36-32(42-43-39)29-34(51-36)46-30-31(2)35(48)41-37(46)49/h6-7,9-10,12-13,15-16,18-19,21-22,30,32,34,36H,5,8,11,14,17,20,23-29H2,1-4H3,(H,40,47)(H,41,48,49)/b7-6-,10-9-,13-12-,16-15-,19-18-,22-21-/t32-,34-,36-/m0/s1. The number of ether oxygens (including phenoxy) is 2. The van der Waals surface area contributed by atoms with Gasteiger partial charge in [0.25, 0.3) is 5.56 Å². The van der Waals surface area contributed by atoms with Crippen molar-refractivity contribution < 1.29 is 19.1 Å². The summed E-state index contributed by atoms with van der Waals surface area (Å²) in [6, 6.07) is -0.864. The van der Waals surface area contributed by atoms with Crippen molar-refractivity contribution in [2.75, 3.05) is 40.3 Å². The molecule has 0 bridgehead atoms. The number of H-pyrrole nitrogens is 1. The lowest BCUT2D eigenvalue weighted by Crippen LogP contribution is -2.40. The van der Waals surface area contributed by atoms with Crippen LogP contribution in [-0.2, 0) is 14.3 Å². The van der Waals surface area contributed by atoms with Crippen LogP contribution in [0.5, 0.6) is 0 Å². The van der Waals surface area contributed by atoms with E-state index < -0.39 is 35.9 Å². The number of carbonyl (C=O) groups excluding carboxylic acids is 2. The summed E-state index contributed by atoms with van der Waals surface area (Å²) in [4.78, 5) is 57.3. The Morgan fingerprint density at radius 2 is 1.54 bits per heavy atom. The minimum atomic E-state index is -1.21. The SMILES string of the molecule is CC/C=C\C/C=C\C/C=C\C/C=C\C/C=C\C/C=C\CCC(=O)NCCN(C)CCN(C)C(=O)O[C@@H]1O[C@H](n2cc(C)c(=O)[nH]c2=O)C[C@@H]1N=[N+]=[N-]. The predicted octanol–water partition coefficient (Wildman–Crippen LogP) is 6.36. The van der Waals surface area contributed by atoms with E-state index in [1.165, 1.54) is 15.7 Å². The second kappa shape index (κ2) is 26.0. The Labute approximate surface area is 306 Å². The largest absolute Gasteiger partial charge is 0.419 e. The monoisotopic (exact) mass is 720 g/mol. The number of likely N-dealkylation sites (N-methyl/N-ethyl adjacent to an activating group) is 2. The molecule has 0 spiro atoms. The molecule has 3 atom stereocenters. The third-order valence-corrected chi connectivity index (χ3v) is 8.00. The van der Waals surface area contributed by atoms with Crippen molar-refractivity contribution in [3.63, 3.8) is 0 Å². The molecule has 2 amide bonds. The number of azide groups is 1. The van der Waals surface area contributed by atoms with Crippen molar-refractivity contribution in [3.8, 4) is 0 Å². The van der Waals surface area contributed by atoms with E-state index in [1.807, 2.05) is 18.0 Å². The van der Waals surface area contributed by atoms with E-state index in [2.05, 4.69) is 94.1 Å². The minimum absolute atomic E-state index is 0.0163. The van der Waals surface area contributed by atoms with Gasteiger partial charge in [-0.3, -0.25) is 19.1 Å². The zero-order chi connectivity index (χ0) is 38.0. The van der Waals surface area contributed by atoms with Gasteiger partial charge in [0.1, 0.15) is 12.3 Å². The van der Waals surface area contributed by atoms with Crippen molar-refractivity contribution in [1.82, 2.24) is 24.7 Å². The Hall–Kier alpha value is -4.91. The molecule has 1 aliphatic heterocycles. The number of rotatable bonds is 23. The number of aromatic amines is 1. The van der Waals surface area contributed by atoms with Gasteiger partial charge in [0, 0.05) is 62.7 Å². The van der Waals surface area contributed by atoms with Gasteiger partial charge in [-0.2, -0.15) is 0 Å². The molecule has 1 saturated heterocycles. The maximum absolute atomic E-state index is 12.8. The van der Waals surface area contributed by atoms with Gasteiger partial charge in [-0.25, -0.2) is 9.59 Å². The summed E-state index contributed by atoms with van der Waals surface area (Å²) in [5.74, 6) is -0.0163. The molecule has 1 aliphatic rings. The highest BCUT2D eigenvalue weighted by molar-refractivity contribution is 5.75. The van der Waals surface area contributed by atoms with Crippen LogP contribution in [0.2, 0.25) is 0 Å². The number of nitrogens with one attached hydrogen (secondary N) is 2. The van der Waals surface area contributed by atoms with Gasteiger partial charge in [0.05, 0.1) is 0 Å². The fraction of sp³-hybridized carbons (Fsp3) is 0.526. The molecule has 2 N–H and O–H groups in total. The lowest BCUT2D eigenvalue weighted by Gasteiger charge is -2.24.